The highest BCUT2D eigenvalue weighted by Crippen LogP contribution is 2.33. The molecule has 0 aromatic heterocycles. The molecule has 7 N–H and O–H groups in total. The first kappa shape index (κ1) is 25.1. The first-order chi connectivity index (χ1) is 17.1. The number of halogens is 1. The van der Waals surface area contributed by atoms with Gasteiger partial charge in [-0.15, -0.1) is 0 Å². The largest absolute Gasteiger partial charge is 0.455 e. The van der Waals surface area contributed by atoms with Crippen LogP contribution in [0.1, 0.15) is 15.9 Å². The Balaban J connectivity index is 1.58. The van der Waals surface area contributed by atoms with Crippen molar-refractivity contribution in [2.45, 2.75) is 4.90 Å². The van der Waals surface area contributed by atoms with E-state index in [1.807, 2.05) is 0 Å². The molecule has 0 aliphatic carbocycles. The lowest BCUT2D eigenvalue weighted by Crippen LogP contribution is -2.46. The van der Waals surface area contributed by atoms with E-state index in [1.165, 1.54) is 6.07 Å². The summed E-state index contributed by atoms with van der Waals surface area (Å²) in [5.74, 6) is 0.691. The molecule has 4 aromatic rings. The number of hydrogen-bond acceptors (Lipinski definition) is 4. The van der Waals surface area contributed by atoms with Gasteiger partial charge in [-0.1, -0.05) is 52.3 Å². The fraction of sp³-hybridized carbons (Fsp3) is 0. The number of ether oxygens (including phenoxy) is 1. The normalized spacial score (nSPS) is 11.1. The van der Waals surface area contributed by atoms with Crippen LogP contribution in [0, 0.1) is 0 Å². The van der Waals surface area contributed by atoms with E-state index >= 15 is 0 Å². The van der Waals surface area contributed by atoms with Crippen LogP contribution in [0.25, 0.3) is 11.1 Å². The third-order valence-corrected chi connectivity index (χ3v) is 6.70. The van der Waals surface area contributed by atoms with E-state index in [9.17, 15) is 13.2 Å². The number of sulfonamides is 1. The van der Waals surface area contributed by atoms with Crippen LogP contribution in [0.4, 0.5) is 5.69 Å². The van der Waals surface area contributed by atoms with Crippen LogP contribution in [0.3, 0.4) is 0 Å². The minimum absolute atomic E-state index is 0.0110. The highest BCUT2D eigenvalue weighted by molar-refractivity contribution is 9.10. The van der Waals surface area contributed by atoms with Gasteiger partial charge < -0.3 is 10.1 Å². The van der Waals surface area contributed by atoms with Crippen molar-refractivity contribution >= 4 is 43.4 Å². The summed E-state index contributed by atoms with van der Waals surface area (Å²) >= 11 is 3.42. The average molecular weight is 566 g/mol. The van der Waals surface area contributed by atoms with Crippen LogP contribution in [-0.2, 0) is 10.0 Å². The number of amidine groups is 1. The smallest absolute Gasteiger partial charge is 0.270 e. The van der Waals surface area contributed by atoms with Gasteiger partial charge in [0.2, 0.25) is 10.0 Å². The SMILES string of the molecule is NC(=[NH2+])c1cccc(Oc2cc(Br)ccc2NC(=O)c2ccc(-c3ccccc3S(N)(=O)=O)cc2)c1. The van der Waals surface area contributed by atoms with Crippen LogP contribution in [0.2, 0.25) is 0 Å². The summed E-state index contributed by atoms with van der Waals surface area (Å²) in [5.41, 5.74) is 8.18. The first-order valence-corrected chi connectivity index (χ1v) is 12.9. The summed E-state index contributed by atoms with van der Waals surface area (Å²) in [6.07, 6.45) is 0. The predicted molar refractivity (Wildman–Crippen MR) is 142 cm³/mol. The third kappa shape index (κ3) is 5.80. The standard InChI is InChI=1S/C26H21BrN4O4S/c27-19-12-13-22(23(15-19)35-20-5-3-4-18(14-20)25(28)29)31-26(32)17-10-8-16(9-11-17)21-6-1-2-7-24(21)36(30,33)34/h1-15H,(H3,28,29)(H,31,32)(H2,30,33,34)/p+1. The molecule has 0 spiro atoms. The molecule has 36 heavy (non-hydrogen) atoms. The molecule has 8 nitrogen and oxygen atoms in total. The quantitative estimate of drug-likeness (QED) is 0.200. The molecule has 0 aliphatic rings. The number of anilines is 1. The Kier molecular flexibility index (Phi) is 7.20. The lowest BCUT2D eigenvalue weighted by atomic mass is 10.0. The maximum Gasteiger partial charge on any atom is 0.270 e. The van der Waals surface area contributed by atoms with E-state index < -0.39 is 10.0 Å². The van der Waals surface area contributed by atoms with Crippen LogP contribution in [0.5, 0.6) is 11.5 Å². The van der Waals surface area contributed by atoms with Gasteiger partial charge in [-0.2, -0.15) is 0 Å². The van der Waals surface area contributed by atoms with E-state index in [4.69, 9.17) is 21.0 Å². The van der Waals surface area contributed by atoms with Crippen molar-refractivity contribution in [1.29, 1.82) is 0 Å². The molecule has 182 valence electrons. The second-order valence-corrected chi connectivity index (χ2v) is 10.2. The summed E-state index contributed by atoms with van der Waals surface area (Å²) < 4.78 is 30.6. The second kappa shape index (κ2) is 10.3. The zero-order chi connectivity index (χ0) is 25.9. The van der Waals surface area contributed by atoms with E-state index in [2.05, 4.69) is 21.2 Å². The molecule has 0 saturated carbocycles. The molecule has 4 rings (SSSR count). The number of nitrogens with two attached hydrogens (primary N) is 3. The Hall–Kier alpha value is -3.99. The fourth-order valence-electron chi connectivity index (χ4n) is 3.50. The molecule has 1 amide bonds. The van der Waals surface area contributed by atoms with Crippen molar-refractivity contribution < 1.29 is 23.4 Å². The van der Waals surface area contributed by atoms with Crippen molar-refractivity contribution in [1.82, 2.24) is 0 Å². The number of primary sulfonamides is 1. The maximum atomic E-state index is 13.0. The molecule has 10 heteroatoms. The molecule has 0 saturated heterocycles. The third-order valence-electron chi connectivity index (χ3n) is 5.24. The minimum atomic E-state index is -3.90. The molecule has 0 bridgehead atoms. The summed E-state index contributed by atoms with van der Waals surface area (Å²) in [7, 11) is -3.90. The molecular weight excluding hydrogens is 544 g/mol. The minimum Gasteiger partial charge on any atom is -0.455 e. The van der Waals surface area contributed by atoms with Crippen LogP contribution in [-0.4, -0.2) is 20.2 Å². The predicted octanol–water partition coefficient (Wildman–Crippen LogP) is 3.27. The second-order valence-electron chi connectivity index (χ2n) is 7.80. The Bertz CT molecular complexity index is 1570. The number of nitrogens with one attached hydrogen (secondary N) is 1. The van der Waals surface area contributed by atoms with Gasteiger partial charge in [0, 0.05) is 15.6 Å². The molecule has 0 atom stereocenters. The number of amides is 1. The molecule has 4 aromatic carbocycles. The summed E-state index contributed by atoms with van der Waals surface area (Å²) in [6, 6.07) is 25.1. The number of hydrogen-bond donors (Lipinski definition) is 4. The zero-order valence-electron chi connectivity index (χ0n) is 18.8. The lowest BCUT2D eigenvalue weighted by Gasteiger charge is -2.14. The van der Waals surface area contributed by atoms with E-state index in [-0.39, 0.29) is 16.6 Å². The Labute approximate surface area is 216 Å². The fourth-order valence-corrected chi connectivity index (χ4v) is 4.60. The van der Waals surface area contributed by atoms with Crippen molar-refractivity contribution in [3.8, 4) is 22.6 Å². The van der Waals surface area contributed by atoms with Crippen molar-refractivity contribution in [2.75, 3.05) is 5.32 Å². The van der Waals surface area contributed by atoms with Crippen molar-refractivity contribution in [2.24, 2.45) is 10.9 Å². The molecule has 0 fully saturated rings. The highest BCUT2D eigenvalue weighted by Gasteiger charge is 2.16. The molecule has 0 heterocycles. The van der Waals surface area contributed by atoms with Gasteiger partial charge in [0.25, 0.3) is 11.7 Å². The number of benzene rings is 4. The summed E-state index contributed by atoms with van der Waals surface area (Å²) in [6.45, 7) is 0. The highest BCUT2D eigenvalue weighted by atomic mass is 79.9. The monoisotopic (exact) mass is 565 g/mol. The van der Waals surface area contributed by atoms with E-state index in [0.29, 0.717) is 39.4 Å². The zero-order valence-corrected chi connectivity index (χ0v) is 21.2. The lowest BCUT2D eigenvalue weighted by molar-refractivity contribution is -0.114. The van der Waals surface area contributed by atoms with Gasteiger partial charge in [0.15, 0.2) is 5.75 Å². The Morgan fingerprint density at radius 3 is 2.31 bits per heavy atom. The van der Waals surface area contributed by atoms with Crippen LogP contribution in [0.15, 0.2) is 100 Å². The summed E-state index contributed by atoms with van der Waals surface area (Å²) in [5, 5.41) is 13.9. The average Bonchev–Trinajstić information content (AvgIpc) is 2.85. The maximum absolute atomic E-state index is 13.0. The van der Waals surface area contributed by atoms with Gasteiger partial charge in [-0.25, -0.2) is 13.6 Å². The summed E-state index contributed by atoms with van der Waals surface area (Å²) in [4.78, 5) is 13.0. The Morgan fingerprint density at radius 1 is 0.889 bits per heavy atom. The molecule has 0 aliphatic heterocycles. The molecular formula is C26H22BrN4O4S+. The number of rotatable bonds is 7. The molecule has 0 radical (unpaired) electrons. The van der Waals surface area contributed by atoms with Crippen LogP contribution < -0.4 is 26.3 Å². The topological polar surface area (TPSA) is 150 Å². The van der Waals surface area contributed by atoms with Gasteiger partial charge in [-0.05, 0) is 60.2 Å². The Morgan fingerprint density at radius 2 is 1.61 bits per heavy atom. The van der Waals surface area contributed by atoms with Crippen molar-refractivity contribution in [3.63, 3.8) is 0 Å². The van der Waals surface area contributed by atoms with Crippen LogP contribution >= 0.6 is 15.9 Å². The number of carbonyl (C=O) groups excluding carboxylic acids is 1. The number of carbonyl (C=O) groups is 1. The van der Waals surface area contributed by atoms with Gasteiger partial charge in [-0.3, -0.25) is 15.9 Å². The molecule has 0 unspecified atom stereocenters. The van der Waals surface area contributed by atoms with E-state index in [0.717, 1.165) is 4.47 Å². The van der Waals surface area contributed by atoms with Gasteiger partial charge in [0.1, 0.15) is 5.75 Å². The van der Waals surface area contributed by atoms with Gasteiger partial charge in [0.05, 0.1) is 16.1 Å². The van der Waals surface area contributed by atoms with Gasteiger partial charge >= 0.3 is 0 Å². The first-order valence-electron chi connectivity index (χ1n) is 10.6. The van der Waals surface area contributed by atoms with Crippen molar-refractivity contribution in [3.05, 3.63) is 107 Å². The van der Waals surface area contributed by atoms with E-state index in [1.54, 1.807) is 84.9 Å².